The molecule has 1 aliphatic carbocycles. The van der Waals surface area contributed by atoms with Crippen LogP contribution in [0.4, 0.5) is 18.9 Å². The van der Waals surface area contributed by atoms with E-state index in [-0.39, 0.29) is 12.3 Å². The van der Waals surface area contributed by atoms with Crippen LogP contribution in [-0.2, 0) is 16.0 Å². The van der Waals surface area contributed by atoms with Crippen molar-refractivity contribution in [1.29, 1.82) is 0 Å². The standard InChI is InChI=1S/C31H30F3N3O2/c32-22-14-12-20(13-15-22)24(17-19-11-16-25(33)26(34)18-19)30(38)37-29-31(39)35-27-10-6-5-9-23(27)28(36-29)21-7-3-1-2-4-8-21/h5-6,9-16,18,21,24,29H,1-4,7-8,17H2,(H,35,39)(H,37,38)/t24-,29?/m1/s1. The van der Waals surface area contributed by atoms with Crippen LogP contribution in [0.3, 0.4) is 0 Å². The van der Waals surface area contributed by atoms with E-state index in [0.29, 0.717) is 16.8 Å². The molecule has 8 heteroatoms. The second kappa shape index (κ2) is 11.8. The van der Waals surface area contributed by atoms with E-state index in [1.807, 2.05) is 24.3 Å². The van der Waals surface area contributed by atoms with E-state index in [2.05, 4.69) is 10.6 Å². The molecule has 0 aromatic heterocycles. The van der Waals surface area contributed by atoms with Crippen LogP contribution in [0.25, 0.3) is 0 Å². The third-order valence-corrected chi connectivity index (χ3v) is 7.51. The van der Waals surface area contributed by atoms with Crippen molar-refractivity contribution in [3.05, 3.63) is 101 Å². The van der Waals surface area contributed by atoms with Gasteiger partial charge in [-0.25, -0.2) is 13.2 Å². The van der Waals surface area contributed by atoms with Crippen molar-refractivity contribution in [2.45, 2.75) is 57.0 Å². The number of amides is 2. The normalized spacial score (nSPS) is 18.7. The number of hydrogen-bond donors (Lipinski definition) is 2. The number of benzodiazepines with no additional fused rings is 1. The Balaban J connectivity index is 1.47. The number of anilines is 1. The van der Waals surface area contributed by atoms with Crippen molar-refractivity contribution >= 4 is 23.2 Å². The first kappa shape index (κ1) is 26.7. The maximum Gasteiger partial charge on any atom is 0.269 e. The number of aliphatic imine (C=N–C) groups is 1. The van der Waals surface area contributed by atoms with Gasteiger partial charge in [0.05, 0.1) is 11.6 Å². The van der Waals surface area contributed by atoms with E-state index in [9.17, 15) is 22.8 Å². The monoisotopic (exact) mass is 533 g/mol. The van der Waals surface area contributed by atoms with Crippen LogP contribution < -0.4 is 10.6 Å². The lowest BCUT2D eigenvalue weighted by Crippen LogP contribution is -2.44. The van der Waals surface area contributed by atoms with Gasteiger partial charge < -0.3 is 10.6 Å². The van der Waals surface area contributed by atoms with Crippen LogP contribution in [0.2, 0.25) is 0 Å². The first-order valence-corrected chi connectivity index (χ1v) is 13.4. The zero-order valence-electron chi connectivity index (χ0n) is 21.4. The minimum Gasteiger partial charge on any atom is -0.326 e. The molecule has 0 saturated heterocycles. The molecule has 2 amide bonds. The zero-order valence-corrected chi connectivity index (χ0v) is 21.4. The first-order valence-electron chi connectivity index (χ1n) is 13.4. The summed E-state index contributed by atoms with van der Waals surface area (Å²) in [6.45, 7) is 0. The molecule has 5 rings (SSSR count). The van der Waals surface area contributed by atoms with Crippen molar-refractivity contribution in [2.24, 2.45) is 10.9 Å². The number of carbonyl (C=O) groups is 2. The maximum atomic E-state index is 13.9. The lowest BCUT2D eigenvalue weighted by atomic mass is 9.89. The fraction of sp³-hybridized carbons (Fsp3) is 0.323. The molecule has 0 radical (unpaired) electrons. The summed E-state index contributed by atoms with van der Waals surface area (Å²) in [4.78, 5) is 31.8. The van der Waals surface area contributed by atoms with Crippen LogP contribution in [0.15, 0.2) is 71.7 Å². The molecule has 3 aromatic rings. The number of nitrogens with zero attached hydrogens (tertiary/aromatic N) is 1. The van der Waals surface area contributed by atoms with E-state index in [4.69, 9.17) is 4.99 Å². The lowest BCUT2D eigenvalue weighted by molar-refractivity contribution is -0.127. The van der Waals surface area contributed by atoms with Gasteiger partial charge in [-0.3, -0.25) is 14.6 Å². The van der Waals surface area contributed by atoms with Gasteiger partial charge in [0.15, 0.2) is 11.6 Å². The summed E-state index contributed by atoms with van der Waals surface area (Å²) in [5.41, 5.74) is 3.17. The number of nitrogens with one attached hydrogen (secondary N) is 2. The average Bonchev–Trinajstić information content (AvgIpc) is 3.28. The Bertz CT molecular complexity index is 1380. The summed E-state index contributed by atoms with van der Waals surface area (Å²) in [7, 11) is 0. The van der Waals surface area contributed by atoms with Gasteiger partial charge in [0.1, 0.15) is 5.82 Å². The number of fused-ring (bicyclic) bond motifs is 1. The number of halogens is 3. The van der Waals surface area contributed by atoms with E-state index in [1.54, 1.807) is 0 Å². The van der Waals surface area contributed by atoms with Crippen molar-refractivity contribution in [1.82, 2.24) is 5.32 Å². The molecule has 202 valence electrons. The van der Waals surface area contributed by atoms with Crippen LogP contribution >= 0.6 is 0 Å². The van der Waals surface area contributed by atoms with Crippen molar-refractivity contribution in [3.63, 3.8) is 0 Å². The molecule has 2 N–H and O–H groups in total. The van der Waals surface area contributed by atoms with E-state index < -0.39 is 41.3 Å². The molecule has 2 atom stereocenters. The molecule has 0 bridgehead atoms. The molecule has 1 aliphatic heterocycles. The second-order valence-corrected chi connectivity index (χ2v) is 10.2. The first-order chi connectivity index (χ1) is 18.9. The van der Waals surface area contributed by atoms with Gasteiger partial charge in [0.2, 0.25) is 12.1 Å². The third kappa shape index (κ3) is 6.21. The van der Waals surface area contributed by atoms with Crippen LogP contribution in [0.5, 0.6) is 0 Å². The Morgan fingerprint density at radius 2 is 1.64 bits per heavy atom. The fourth-order valence-corrected chi connectivity index (χ4v) is 5.45. The Morgan fingerprint density at radius 1 is 0.923 bits per heavy atom. The summed E-state index contributed by atoms with van der Waals surface area (Å²) in [6.07, 6.45) is 5.21. The highest BCUT2D eigenvalue weighted by atomic mass is 19.2. The molecule has 39 heavy (non-hydrogen) atoms. The van der Waals surface area contributed by atoms with Gasteiger partial charge in [0, 0.05) is 17.2 Å². The summed E-state index contributed by atoms with van der Waals surface area (Å²) in [5, 5.41) is 5.69. The van der Waals surface area contributed by atoms with Gasteiger partial charge in [-0.05, 0) is 60.7 Å². The lowest BCUT2D eigenvalue weighted by Gasteiger charge is -2.22. The maximum absolute atomic E-state index is 13.9. The van der Waals surface area contributed by atoms with Gasteiger partial charge in [-0.15, -0.1) is 0 Å². The number of carbonyl (C=O) groups excluding carboxylic acids is 2. The number of hydrogen-bond acceptors (Lipinski definition) is 3. The molecule has 1 heterocycles. The number of benzene rings is 3. The molecular weight excluding hydrogens is 503 g/mol. The van der Waals surface area contributed by atoms with E-state index >= 15 is 0 Å². The molecular formula is C31H30F3N3O2. The van der Waals surface area contributed by atoms with Crippen LogP contribution in [0.1, 0.15) is 61.1 Å². The predicted octanol–water partition coefficient (Wildman–Crippen LogP) is 6.28. The summed E-state index contributed by atoms with van der Waals surface area (Å²) in [5.74, 6) is -4.21. The summed E-state index contributed by atoms with van der Waals surface area (Å²) < 4.78 is 41.1. The molecule has 1 fully saturated rings. The van der Waals surface area contributed by atoms with Gasteiger partial charge >= 0.3 is 0 Å². The minimum atomic E-state index is -1.18. The Morgan fingerprint density at radius 3 is 2.36 bits per heavy atom. The van der Waals surface area contributed by atoms with E-state index in [0.717, 1.165) is 61.9 Å². The highest BCUT2D eigenvalue weighted by Gasteiger charge is 2.32. The SMILES string of the molecule is O=C1Nc2ccccc2C(C2CCCCCC2)=NC1NC(=O)[C@H](Cc1ccc(F)c(F)c1)c1ccc(F)cc1. The number of rotatable bonds is 6. The van der Waals surface area contributed by atoms with E-state index in [1.165, 1.54) is 30.3 Å². The molecule has 3 aromatic carbocycles. The molecule has 5 nitrogen and oxygen atoms in total. The van der Waals surface area contributed by atoms with Crippen LogP contribution in [0, 0.1) is 23.4 Å². The molecule has 0 spiro atoms. The second-order valence-electron chi connectivity index (χ2n) is 10.2. The molecule has 1 unspecified atom stereocenters. The minimum absolute atomic E-state index is 0.0163. The predicted molar refractivity (Wildman–Crippen MR) is 144 cm³/mol. The molecule has 2 aliphatic rings. The Kier molecular flexibility index (Phi) is 8.10. The summed E-state index contributed by atoms with van der Waals surface area (Å²) in [6, 6.07) is 16.4. The average molecular weight is 534 g/mol. The van der Waals surface area contributed by atoms with Crippen LogP contribution in [-0.4, -0.2) is 23.7 Å². The quantitative estimate of drug-likeness (QED) is 0.366. The van der Waals surface area contributed by atoms with Gasteiger partial charge in [0.25, 0.3) is 5.91 Å². The number of para-hydroxylation sites is 1. The fourth-order valence-electron chi connectivity index (χ4n) is 5.45. The highest BCUT2D eigenvalue weighted by Crippen LogP contribution is 2.31. The largest absolute Gasteiger partial charge is 0.326 e. The van der Waals surface area contributed by atoms with Gasteiger partial charge in [-0.2, -0.15) is 0 Å². The Labute approximate surface area is 225 Å². The zero-order chi connectivity index (χ0) is 27.4. The van der Waals surface area contributed by atoms with Crippen molar-refractivity contribution in [2.75, 3.05) is 5.32 Å². The summed E-state index contributed by atoms with van der Waals surface area (Å²) >= 11 is 0. The van der Waals surface area contributed by atoms with Crippen molar-refractivity contribution < 1.29 is 22.8 Å². The topological polar surface area (TPSA) is 70.6 Å². The Hall–Kier alpha value is -3.94. The smallest absolute Gasteiger partial charge is 0.269 e. The third-order valence-electron chi connectivity index (χ3n) is 7.51. The highest BCUT2D eigenvalue weighted by molar-refractivity contribution is 6.13. The van der Waals surface area contributed by atoms with Crippen molar-refractivity contribution in [3.8, 4) is 0 Å². The molecule has 1 saturated carbocycles. The van der Waals surface area contributed by atoms with Gasteiger partial charge in [-0.1, -0.05) is 62.1 Å².